The molecule has 0 fully saturated rings. The number of carbonyl (C=O) groups is 3. The van der Waals surface area contributed by atoms with Crippen molar-refractivity contribution in [2.45, 2.75) is 52.7 Å². The van der Waals surface area contributed by atoms with Crippen molar-refractivity contribution in [1.29, 1.82) is 0 Å². The number of amides is 2. The number of benzene rings is 3. The molecule has 0 spiro atoms. The number of nitrogen functional groups attached to an aromatic ring is 1. The average Bonchev–Trinajstić information content (AvgIpc) is 2.82. The molecule has 2 amide bonds. The van der Waals surface area contributed by atoms with E-state index in [2.05, 4.69) is 4.99 Å². The topological polar surface area (TPSA) is 147 Å². The summed E-state index contributed by atoms with van der Waals surface area (Å²) in [5.74, 6) is -0.912. The molecule has 11 heteroatoms. The van der Waals surface area contributed by atoms with Gasteiger partial charge in [-0.3, -0.25) is 0 Å². The molecule has 0 unspecified atom stereocenters. The molecule has 0 aliphatic carbocycles. The predicted octanol–water partition coefficient (Wildman–Crippen LogP) is 6.80. The number of carbonyl (C=O) groups excluding carboxylic acids is 3. The van der Waals surface area contributed by atoms with Crippen molar-refractivity contribution in [3.8, 4) is 16.9 Å². The lowest BCUT2D eigenvalue weighted by atomic mass is 10.0. The highest BCUT2D eigenvalue weighted by atomic mass is 35.5. The SMILES string of the molecule is CC(C)(C)OC(=O)N=C(N)N(C(=O)OC(C)(C)C)c1ccc(C(=O)Oc2cccc(N)c2-c2cccc(Cl)c2)cc1. The molecular formula is C30H33ClN4O6. The van der Waals surface area contributed by atoms with Crippen LogP contribution in [-0.4, -0.2) is 35.3 Å². The highest BCUT2D eigenvalue weighted by molar-refractivity contribution is 6.30. The standard InChI is InChI=1S/C30H33ClN4O6/c1-29(2,3)40-27(37)34-26(33)35(28(38)41-30(4,5)6)21-15-13-18(14-16-21)25(36)39-23-12-8-11-22(32)24(23)19-9-7-10-20(31)17-19/h7-17H,32H2,1-6H3,(H2,33,34,37). The number of esters is 1. The highest BCUT2D eigenvalue weighted by Gasteiger charge is 2.28. The molecule has 0 aromatic heterocycles. The summed E-state index contributed by atoms with van der Waals surface area (Å²) in [4.78, 5) is 43.0. The van der Waals surface area contributed by atoms with Crippen LogP contribution >= 0.6 is 11.6 Å². The van der Waals surface area contributed by atoms with Crippen LogP contribution in [0.25, 0.3) is 11.1 Å². The largest absolute Gasteiger partial charge is 0.443 e. The maximum absolute atomic E-state index is 13.1. The van der Waals surface area contributed by atoms with Crippen molar-refractivity contribution < 1.29 is 28.6 Å². The Kier molecular flexibility index (Phi) is 9.29. The number of nitrogens with zero attached hydrogens (tertiary/aromatic N) is 2. The third-order valence-corrected chi connectivity index (χ3v) is 5.38. The minimum Gasteiger partial charge on any atom is -0.443 e. The van der Waals surface area contributed by atoms with E-state index in [1.807, 2.05) is 0 Å². The van der Waals surface area contributed by atoms with Crippen molar-refractivity contribution in [1.82, 2.24) is 0 Å². The van der Waals surface area contributed by atoms with Crippen LogP contribution in [0.5, 0.6) is 5.75 Å². The number of aliphatic imine (C=N–C) groups is 1. The summed E-state index contributed by atoms with van der Waals surface area (Å²) in [6.07, 6.45) is -1.87. The van der Waals surface area contributed by atoms with Gasteiger partial charge in [0.25, 0.3) is 0 Å². The van der Waals surface area contributed by atoms with Gasteiger partial charge in [-0.15, -0.1) is 4.99 Å². The number of guanidine groups is 1. The first-order chi connectivity index (χ1) is 19.0. The molecule has 0 aliphatic rings. The van der Waals surface area contributed by atoms with E-state index in [4.69, 9.17) is 37.3 Å². The normalized spacial score (nSPS) is 11.9. The highest BCUT2D eigenvalue weighted by Crippen LogP contribution is 2.36. The van der Waals surface area contributed by atoms with Gasteiger partial charge < -0.3 is 25.7 Å². The van der Waals surface area contributed by atoms with Gasteiger partial charge in [-0.1, -0.05) is 29.8 Å². The van der Waals surface area contributed by atoms with E-state index in [1.165, 1.54) is 24.3 Å². The third kappa shape index (κ3) is 8.71. The summed E-state index contributed by atoms with van der Waals surface area (Å²) in [5.41, 5.74) is 12.5. The van der Waals surface area contributed by atoms with E-state index < -0.39 is 35.3 Å². The van der Waals surface area contributed by atoms with Crippen LogP contribution in [0.3, 0.4) is 0 Å². The van der Waals surface area contributed by atoms with Gasteiger partial charge in [-0.2, -0.15) is 0 Å². The van der Waals surface area contributed by atoms with E-state index in [0.717, 1.165) is 4.90 Å². The minimum atomic E-state index is -0.985. The fraction of sp³-hybridized carbons (Fsp3) is 0.267. The zero-order valence-electron chi connectivity index (χ0n) is 23.7. The van der Waals surface area contributed by atoms with E-state index in [9.17, 15) is 14.4 Å². The fourth-order valence-corrected chi connectivity index (χ4v) is 3.75. The molecule has 0 saturated heterocycles. The number of anilines is 2. The maximum Gasteiger partial charge on any atom is 0.437 e. The molecule has 10 nitrogen and oxygen atoms in total. The molecule has 41 heavy (non-hydrogen) atoms. The van der Waals surface area contributed by atoms with Crippen LogP contribution in [0, 0.1) is 0 Å². The van der Waals surface area contributed by atoms with E-state index in [0.29, 0.717) is 21.8 Å². The summed E-state index contributed by atoms with van der Waals surface area (Å²) in [7, 11) is 0. The molecule has 3 aromatic carbocycles. The first-order valence-electron chi connectivity index (χ1n) is 12.6. The first kappa shape index (κ1) is 31.0. The zero-order chi connectivity index (χ0) is 30.5. The van der Waals surface area contributed by atoms with Crippen molar-refractivity contribution in [3.63, 3.8) is 0 Å². The Balaban J connectivity index is 1.91. The summed E-state index contributed by atoms with van der Waals surface area (Å²) < 4.78 is 16.3. The number of halogens is 1. The lowest BCUT2D eigenvalue weighted by molar-refractivity contribution is 0.0599. The van der Waals surface area contributed by atoms with Crippen LogP contribution in [0.1, 0.15) is 51.9 Å². The molecule has 3 rings (SSSR count). The van der Waals surface area contributed by atoms with Gasteiger partial charge in [-0.25, -0.2) is 19.3 Å². The summed E-state index contributed by atoms with van der Waals surface area (Å²) in [6, 6.07) is 17.7. The second-order valence-electron chi connectivity index (χ2n) is 10.9. The van der Waals surface area contributed by atoms with Gasteiger partial charge >= 0.3 is 18.2 Å². The lowest BCUT2D eigenvalue weighted by Crippen LogP contribution is -2.45. The second-order valence-corrected chi connectivity index (χ2v) is 11.4. The molecule has 216 valence electrons. The Morgan fingerprint density at radius 2 is 1.46 bits per heavy atom. The number of nitrogens with two attached hydrogens (primary N) is 2. The molecule has 0 heterocycles. The quantitative estimate of drug-likeness (QED) is 0.113. The number of hydrogen-bond donors (Lipinski definition) is 2. The third-order valence-electron chi connectivity index (χ3n) is 5.14. The molecule has 0 atom stereocenters. The smallest absolute Gasteiger partial charge is 0.437 e. The van der Waals surface area contributed by atoms with Crippen molar-refractivity contribution in [2.24, 2.45) is 10.7 Å². The number of ether oxygens (including phenoxy) is 3. The Labute approximate surface area is 243 Å². The molecule has 0 saturated carbocycles. The Bertz CT molecular complexity index is 1470. The van der Waals surface area contributed by atoms with Gasteiger partial charge in [0.05, 0.1) is 11.3 Å². The van der Waals surface area contributed by atoms with Crippen LogP contribution in [0.4, 0.5) is 21.0 Å². The van der Waals surface area contributed by atoms with Gasteiger partial charge in [0.15, 0.2) is 0 Å². The van der Waals surface area contributed by atoms with E-state index in [-0.39, 0.29) is 17.0 Å². The monoisotopic (exact) mass is 580 g/mol. The van der Waals surface area contributed by atoms with Crippen molar-refractivity contribution >= 4 is 47.1 Å². The summed E-state index contributed by atoms with van der Waals surface area (Å²) >= 11 is 6.15. The number of hydrogen-bond acceptors (Lipinski definition) is 7. The Morgan fingerprint density at radius 1 is 0.854 bits per heavy atom. The Morgan fingerprint density at radius 3 is 2.05 bits per heavy atom. The van der Waals surface area contributed by atoms with Crippen molar-refractivity contribution in [3.05, 3.63) is 77.3 Å². The zero-order valence-corrected chi connectivity index (χ0v) is 24.5. The maximum atomic E-state index is 13.1. The Hall–Kier alpha value is -4.57. The molecule has 0 bridgehead atoms. The van der Waals surface area contributed by atoms with Gasteiger partial charge in [-0.05, 0) is 95.6 Å². The second kappa shape index (κ2) is 12.3. The van der Waals surface area contributed by atoms with Crippen LogP contribution < -0.4 is 21.1 Å². The molecule has 0 radical (unpaired) electrons. The first-order valence-corrected chi connectivity index (χ1v) is 13.0. The molecular weight excluding hydrogens is 548 g/mol. The summed E-state index contributed by atoms with van der Waals surface area (Å²) in [5, 5.41) is 0.502. The number of rotatable bonds is 4. The van der Waals surface area contributed by atoms with Gasteiger partial charge in [0, 0.05) is 16.3 Å². The average molecular weight is 581 g/mol. The van der Waals surface area contributed by atoms with E-state index in [1.54, 1.807) is 84.0 Å². The fourth-order valence-electron chi connectivity index (χ4n) is 3.56. The minimum absolute atomic E-state index is 0.167. The van der Waals surface area contributed by atoms with Gasteiger partial charge in [0.1, 0.15) is 17.0 Å². The predicted molar refractivity (Wildman–Crippen MR) is 159 cm³/mol. The molecule has 4 N–H and O–H groups in total. The lowest BCUT2D eigenvalue weighted by Gasteiger charge is -2.27. The van der Waals surface area contributed by atoms with Gasteiger partial charge in [0.2, 0.25) is 5.96 Å². The van der Waals surface area contributed by atoms with Crippen LogP contribution in [-0.2, 0) is 9.47 Å². The van der Waals surface area contributed by atoms with Crippen LogP contribution in [0.15, 0.2) is 71.7 Å². The van der Waals surface area contributed by atoms with E-state index >= 15 is 0 Å². The van der Waals surface area contributed by atoms with Crippen LogP contribution in [0.2, 0.25) is 5.02 Å². The molecule has 3 aromatic rings. The molecule has 0 aliphatic heterocycles. The van der Waals surface area contributed by atoms with Crippen molar-refractivity contribution in [2.75, 3.05) is 10.6 Å². The summed E-state index contributed by atoms with van der Waals surface area (Å²) in [6.45, 7) is 10.0.